The van der Waals surface area contributed by atoms with Crippen molar-refractivity contribution in [1.29, 1.82) is 0 Å². The third kappa shape index (κ3) is 6.61. The van der Waals surface area contributed by atoms with E-state index >= 15 is 0 Å². The fourth-order valence-electron chi connectivity index (χ4n) is 3.48. The van der Waals surface area contributed by atoms with Crippen LogP contribution in [0.2, 0.25) is 0 Å². The third-order valence-electron chi connectivity index (χ3n) is 5.28. The highest BCUT2D eigenvalue weighted by Crippen LogP contribution is 2.21. The maximum atomic E-state index is 12.6. The quantitative estimate of drug-likeness (QED) is 0.422. The molecule has 1 heterocycles. The lowest BCUT2D eigenvalue weighted by Crippen LogP contribution is -2.29. The Kier molecular flexibility index (Phi) is 8.16. The Labute approximate surface area is 195 Å². The highest BCUT2D eigenvalue weighted by molar-refractivity contribution is 7.90. The molecule has 0 spiro atoms. The van der Waals surface area contributed by atoms with Crippen molar-refractivity contribution < 1.29 is 22.4 Å². The van der Waals surface area contributed by atoms with Crippen LogP contribution in [0.15, 0.2) is 70.0 Å². The summed E-state index contributed by atoms with van der Waals surface area (Å²) < 4.78 is 35.8. The van der Waals surface area contributed by atoms with Crippen molar-refractivity contribution in [3.05, 3.63) is 77.7 Å². The highest BCUT2D eigenvalue weighted by Gasteiger charge is 2.19. The van der Waals surface area contributed by atoms with E-state index < -0.39 is 9.84 Å². The van der Waals surface area contributed by atoms with Gasteiger partial charge in [-0.15, -0.1) is 0 Å². The number of rotatable bonds is 11. The van der Waals surface area contributed by atoms with Gasteiger partial charge in [-0.25, -0.2) is 8.42 Å². The van der Waals surface area contributed by atoms with E-state index in [-0.39, 0.29) is 28.1 Å². The Morgan fingerprint density at radius 3 is 2.52 bits per heavy atom. The molecule has 0 saturated carbocycles. The van der Waals surface area contributed by atoms with Crippen LogP contribution in [0.5, 0.6) is 5.75 Å². The molecule has 0 bridgehead atoms. The molecule has 33 heavy (non-hydrogen) atoms. The summed E-state index contributed by atoms with van der Waals surface area (Å²) >= 11 is 0. The van der Waals surface area contributed by atoms with Gasteiger partial charge in [-0.3, -0.25) is 4.79 Å². The second kappa shape index (κ2) is 11.0. The van der Waals surface area contributed by atoms with Crippen LogP contribution in [-0.4, -0.2) is 41.1 Å². The first-order chi connectivity index (χ1) is 15.8. The number of ether oxygens (including phenoxy) is 1. The lowest BCUT2D eigenvalue weighted by atomic mass is 10.2. The van der Waals surface area contributed by atoms with Crippen molar-refractivity contribution in [2.45, 2.75) is 30.9 Å². The molecule has 0 radical (unpaired) electrons. The monoisotopic (exact) mass is 470 g/mol. The average molecular weight is 471 g/mol. The van der Waals surface area contributed by atoms with Crippen molar-refractivity contribution in [3.8, 4) is 5.75 Å². The Morgan fingerprint density at radius 2 is 1.85 bits per heavy atom. The van der Waals surface area contributed by atoms with Gasteiger partial charge in [0.1, 0.15) is 17.3 Å². The first-order valence-electron chi connectivity index (χ1n) is 10.9. The smallest absolute Gasteiger partial charge is 0.286 e. The standard InChI is InChI=1S/C25H30N2O5S/c1-4-27(20-8-5-7-19(2)17-20)16-6-15-26-25(28)24-14-11-22(32-24)18-33(29,30)23-12-9-21(31-3)10-13-23/h5,7-14,17H,4,6,15-16,18H2,1-3H3,(H,26,28). The molecule has 1 N–H and O–H groups in total. The van der Waals surface area contributed by atoms with Crippen molar-refractivity contribution >= 4 is 21.4 Å². The molecule has 3 aromatic rings. The van der Waals surface area contributed by atoms with Crippen molar-refractivity contribution in [3.63, 3.8) is 0 Å². The number of furan rings is 1. The molecule has 0 aliphatic heterocycles. The van der Waals surface area contributed by atoms with Crippen LogP contribution < -0.4 is 15.0 Å². The van der Waals surface area contributed by atoms with Gasteiger partial charge in [0.25, 0.3) is 5.91 Å². The number of sulfone groups is 1. The van der Waals surface area contributed by atoms with E-state index in [0.29, 0.717) is 12.3 Å². The van der Waals surface area contributed by atoms with Crippen LogP contribution in [-0.2, 0) is 15.6 Å². The zero-order valence-electron chi connectivity index (χ0n) is 19.2. The first kappa shape index (κ1) is 24.4. The molecule has 176 valence electrons. The van der Waals surface area contributed by atoms with Gasteiger partial charge in [0.2, 0.25) is 0 Å². The van der Waals surface area contributed by atoms with Gasteiger partial charge in [-0.2, -0.15) is 0 Å². The van der Waals surface area contributed by atoms with Gasteiger partial charge >= 0.3 is 0 Å². The van der Waals surface area contributed by atoms with Gasteiger partial charge in [0, 0.05) is 25.3 Å². The number of anilines is 1. The van der Waals surface area contributed by atoms with E-state index in [1.165, 1.54) is 36.9 Å². The van der Waals surface area contributed by atoms with Crippen molar-refractivity contribution in [2.75, 3.05) is 31.6 Å². The minimum Gasteiger partial charge on any atom is -0.497 e. The highest BCUT2D eigenvalue weighted by atomic mass is 32.2. The number of carbonyl (C=O) groups is 1. The van der Waals surface area contributed by atoms with E-state index in [0.717, 1.165) is 25.2 Å². The SMILES string of the molecule is CCN(CCCNC(=O)c1ccc(CS(=O)(=O)c2ccc(OC)cc2)o1)c1cccc(C)c1. The zero-order valence-corrected chi connectivity index (χ0v) is 20.0. The number of aryl methyl sites for hydroxylation is 1. The maximum absolute atomic E-state index is 12.6. The van der Waals surface area contributed by atoms with Gasteiger partial charge in [0.05, 0.1) is 12.0 Å². The van der Waals surface area contributed by atoms with Gasteiger partial charge < -0.3 is 19.4 Å². The molecule has 0 unspecified atom stereocenters. The van der Waals surface area contributed by atoms with E-state index in [4.69, 9.17) is 9.15 Å². The summed E-state index contributed by atoms with van der Waals surface area (Å²) in [6, 6.07) is 17.5. The molecule has 1 amide bonds. The second-order valence-electron chi connectivity index (χ2n) is 7.73. The van der Waals surface area contributed by atoms with Crippen LogP contribution >= 0.6 is 0 Å². The maximum Gasteiger partial charge on any atom is 0.286 e. The fourth-order valence-corrected chi connectivity index (χ4v) is 4.73. The minimum atomic E-state index is -3.60. The summed E-state index contributed by atoms with van der Waals surface area (Å²) in [5, 5.41) is 2.84. The minimum absolute atomic E-state index is 0.0981. The van der Waals surface area contributed by atoms with Gasteiger partial charge in [-0.05, 0) is 74.4 Å². The second-order valence-corrected chi connectivity index (χ2v) is 9.72. The Morgan fingerprint density at radius 1 is 1.09 bits per heavy atom. The normalized spacial score (nSPS) is 11.2. The average Bonchev–Trinajstić information content (AvgIpc) is 3.27. The van der Waals surface area contributed by atoms with Crippen molar-refractivity contribution in [2.24, 2.45) is 0 Å². The lowest BCUT2D eigenvalue weighted by molar-refractivity contribution is 0.0924. The van der Waals surface area contributed by atoms with Gasteiger partial charge in [-0.1, -0.05) is 12.1 Å². The summed E-state index contributed by atoms with van der Waals surface area (Å²) in [4.78, 5) is 14.8. The predicted octanol–water partition coefficient (Wildman–Crippen LogP) is 4.22. The number of hydrogen-bond donors (Lipinski definition) is 1. The largest absolute Gasteiger partial charge is 0.497 e. The molecule has 0 aliphatic rings. The first-order valence-corrected chi connectivity index (χ1v) is 12.5. The molecule has 0 aliphatic carbocycles. The summed E-state index contributed by atoms with van der Waals surface area (Å²) in [6.07, 6.45) is 0.771. The van der Waals surface area contributed by atoms with E-state index in [1.54, 1.807) is 12.1 Å². The lowest BCUT2D eigenvalue weighted by Gasteiger charge is -2.23. The Hall–Kier alpha value is -3.26. The number of carbonyl (C=O) groups excluding carboxylic acids is 1. The summed E-state index contributed by atoms with van der Waals surface area (Å²) in [5.74, 6) is 0.205. The molecule has 0 atom stereocenters. The Bertz CT molecular complexity index is 1170. The number of nitrogens with one attached hydrogen (secondary N) is 1. The van der Waals surface area contributed by atoms with Crippen LogP contribution in [0, 0.1) is 6.92 Å². The molecule has 8 heteroatoms. The molecule has 0 saturated heterocycles. The molecule has 2 aromatic carbocycles. The topological polar surface area (TPSA) is 88.9 Å². The van der Waals surface area contributed by atoms with E-state index in [2.05, 4.69) is 42.3 Å². The molecule has 1 aromatic heterocycles. The molecular weight excluding hydrogens is 440 g/mol. The van der Waals surface area contributed by atoms with Crippen LogP contribution in [0.25, 0.3) is 0 Å². The third-order valence-corrected chi connectivity index (χ3v) is 6.93. The van der Waals surface area contributed by atoms with Crippen LogP contribution in [0.4, 0.5) is 5.69 Å². The fraction of sp³-hybridized carbons (Fsp3) is 0.320. The van der Waals surface area contributed by atoms with Crippen LogP contribution in [0.3, 0.4) is 0 Å². The predicted molar refractivity (Wildman–Crippen MR) is 129 cm³/mol. The van der Waals surface area contributed by atoms with E-state index in [9.17, 15) is 13.2 Å². The Balaban J connectivity index is 1.51. The van der Waals surface area contributed by atoms with E-state index in [1.807, 2.05) is 6.07 Å². The number of methoxy groups -OCH3 is 1. The van der Waals surface area contributed by atoms with Crippen molar-refractivity contribution in [1.82, 2.24) is 5.32 Å². The summed E-state index contributed by atoms with van der Waals surface area (Å²) in [5.41, 5.74) is 2.37. The molecule has 0 fully saturated rings. The number of benzene rings is 2. The summed E-state index contributed by atoms with van der Waals surface area (Å²) in [6.45, 7) is 6.34. The van der Waals surface area contributed by atoms with Crippen LogP contribution in [0.1, 0.15) is 35.2 Å². The zero-order chi connectivity index (χ0) is 23.8. The number of nitrogens with zero attached hydrogens (tertiary/aromatic N) is 1. The number of amides is 1. The molecular formula is C25H30N2O5S. The van der Waals surface area contributed by atoms with Gasteiger partial charge in [0.15, 0.2) is 15.6 Å². The summed E-state index contributed by atoms with van der Waals surface area (Å²) in [7, 11) is -2.08. The molecule has 3 rings (SSSR count). The number of hydrogen-bond acceptors (Lipinski definition) is 6. The molecule has 7 nitrogen and oxygen atoms in total.